The van der Waals surface area contributed by atoms with E-state index in [1.807, 2.05) is 0 Å². The van der Waals surface area contributed by atoms with Gasteiger partial charge in [-0.05, 0) is 67.7 Å². The third kappa shape index (κ3) is 2.12. The van der Waals surface area contributed by atoms with E-state index in [-0.39, 0.29) is 5.41 Å². The molecular weight excluding hydrogens is 302 g/mol. The largest absolute Gasteiger partial charge is 0.508 e. The number of phenols is 1. The Kier molecular flexibility index (Phi) is 3.36. The first-order valence-corrected chi connectivity index (χ1v) is 9.43. The maximum atomic E-state index is 10.7. The summed E-state index contributed by atoms with van der Waals surface area (Å²) in [6.07, 6.45) is 6.07. The van der Waals surface area contributed by atoms with Crippen molar-refractivity contribution in [2.75, 3.05) is 33.4 Å². The first-order chi connectivity index (χ1) is 11.7. The molecule has 0 aromatic heterocycles. The number of hydrogen-bond acceptors (Lipinski definition) is 4. The van der Waals surface area contributed by atoms with E-state index in [4.69, 9.17) is 9.47 Å². The summed E-state index contributed by atoms with van der Waals surface area (Å²) in [4.78, 5) is 2.73. The van der Waals surface area contributed by atoms with Gasteiger partial charge in [0.05, 0.1) is 13.7 Å². The van der Waals surface area contributed by atoms with E-state index < -0.39 is 0 Å². The second kappa shape index (κ2) is 5.37. The summed E-state index contributed by atoms with van der Waals surface area (Å²) in [5.74, 6) is 2.75. The van der Waals surface area contributed by atoms with Gasteiger partial charge in [0.25, 0.3) is 0 Å². The van der Waals surface area contributed by atoms with Crippen molar-refractivity contribution < 1.29 is 14.6 Å². The number of phenolic OH excluding ortho intramolecular Hbond substituents is 1. The van der Waals surface area contributed by atoms with Crippen molar-refractivity contribution in [3.05, 3.63) is 23.3 Å². The van der Waals surface area contributed by atoms with Crippen LogP contribution in [0.4, 0.5) is 0 Å². The van der Waals surface area contributed by atoms with E-state index in [2.05, 4.69) is 11.0 Å². The fraction of sp³-hybridized carbons (Fsp3) is 0.700. The minimum absolute atomic E-state index is 0.0720. The minimum atomic E-state index is 0.0720. The molecule has 2 aliphatic carbocycles. The molecule has 0 amide bonds. The maximum Gasteiger partial charge on any atom is 0.122 e. The molecule has 4 heteroatoms. The maximum absolute atomic E-state index is 10.7. The standard InChI is InChI=1S/C20H27NO3/c1-23-14-8-17-15(19(22)9-14)10-18-16-4-7-24-12-20(16,17)5-6-21(18)11-13-2-3-13/h8-9,13,16,18,22H,2-7,10-12H2,1H3/t16-,18+,20-/m0/s1. The zero-order chi connectivity index (χ0) is 16.3. The van der Waals surface area contributed by atoms with E-state index in [9.17, 15) is 5.11 Å². The lowest BCUT2D eigenvalue weighted by Gasteiger charge is -2.58. The summed E-state index contributed by atoms with van der Waals surface area (Å²) in [6.45, 7) is 4.10. The van der Waals surface area contributed by atoms with Gasteiger partial charge < -0.3 is 14.6 Å². The van der Waals surface area contributed by atoms with Gasteiger partial charge in [-0.1, -0.05) is 0 Å². The second-order valence-corrected chi connectivity index (χ2v) is 8.24. The molecule has 2 saturated heterocycles. The normalized spacial score (nSPS) is 35.2. The van der Waals surface area contributed by atoms with Crippen LogP contribution < -0.4 is 4.74 Å². The van der Waals surface area contributed by atoms with E-state index >= 15 is 0 Å². The Morgan fingerprint density at radius 3 is 3.00 bits per heavy atom. The van der Waals surface area contributed by atoms with E-state index in [1.54, 1.807) is 13.2 Å². The molecule has 4 nitrogen and oxygen atoms in total. The average molecular weight is 329 g/mol. The molecule has 1 saturated carbocycles. The fourth-order valence-electron chi connectivity index (χ4n) is 5.59. The highest BCUT2D eigenvalue weighted by Crippen LogP contribution is 2.54. The lowest BCUT2D eigenvalue weighted by Crippen LogP contribution is -2.63. The van der Waals surface area contributed by atoms with Crippen molar-refractivity contribution in [3.63, 3.8) is 0 Å². The Hall–Kier alpha value is -1.26. The predicted molar refractivity (Wildman–Crippen MR) is 91.7 cm³/mol. The van der Waals surface area contributed by atoms with Gasteiger partial charge in [0, 0.05) is 30.7 Å². The molecule has 2 heterocycles. The SMILES string of the molecule is COc1cc(O)c2c(c1)[C@]13CCN(CC4CC4)[C@H](C2)[C@@H]1CCOC3. The lowest BCUT2D eigenvalue weighted by molar-refractivity contribution is -0.0841. The second-order valence-electron chi connectivity index (χ2n) is 8.24. The Bertz CT molecular complexity index is 657. The van der Waals surface area contributed by atoms with Crippen LogP contribution in [0.3, 0.4) is 0 Å². The number of methoxy groups -OCH3 is 1. The molecule has 2 aliphatic heterocycles. The van der Waals surface area contributed by atoms with Gasteiger partial charge >= 0.3 is 0 Å². The van der Waals surface area contributed by atoms with Gasteiger partial charge in [0.15, 0.2) is 0 Å². The number of ether oxygens (including phenoxy) is 2. The van der Waals surface area contributed by atoms with Crippen LogP contribution in [0.5, 0.6) is 11.5 Å². The lowest BCUT2D eigenvalue weighted by atomic mass is 9.56. The van der Waals surface area contributed by atoms with Crippen molar-refractivity contribution >= 4 is 0 Å². The Balaban J connectivity index is 1.61. The molecular formula is C20H27NO3. The van der Waals surface area contributed by atoms with Gasteiger partial charge in [-0.15, -0.1) is 0 Å². The predicted octanol–water partition coefficient (Wildman–Crippen LogP) is 2.72. The molecule has 2 bridgehead atoms. The van der Waals surface area contributed by atoms with Crippen LogP contribution in [0, 0.1) is 11.8 Å². The molecule has 5 rings (SSSR count). The summed E-state index contributed by atoms with van der Waals surface area (Å²) in [7, 11) is 1.68. The average Bonchev–Trinajstić information content (AvgIpc) is 3.42. The van der Waals surface area contributed by atoms with Gasteiger partial charge in [0.1, 0.15) is 11.5 Å². The number of likely N-dealkylation sites (tertiary alicyclic amines) is 1. The molecule has 4 aliphatic rings. The van der Waals surface area contributed by atoms with Crippen LogP contribution in [0.15, 0.2) is 12.1 Å². The Morgan fingerprint density at radius 2 is 2.21 bits per heavy atom. The van der Waals surface area contributed by atoms with Crippen molar-refractivity contribution in [1.82, 2.24) is 4.90 Å². The molecule has 1 aromatic rings. The molecule has 3 atom stereocenters. The van der Waals surface area contributed by atoms with Crippen LogP contribution in [-0.4, -0.2) is 49.5 Å². The zero-order valence-electron chi connectivity index (χ0n) is 14.5. The molecule has 0 unspecified atom stereocenters. The minimum Gasteiger partial charge on any atom is -0.508 e. The van der Waals surface area contributed by atoms with Gasteiger partial charge in [-0.25, -0.2) is 0 Å². The van der Waals surface area contributed by atoms with E-state index in [1.165, 1.54) is 31.5 Å². The summed E-state index contributed by atoms with van der Waals surface area (Å²) >= 11 is 0. The van der Waals surface area contributed by atoms with Crippen LogP contribution in [0.1, 0.15) is 36.8 Å². The topological polar surface area (TPSA) is 41.9 Å². The number of hydrogen-bond donors (Lipinski definition) is 1. The van der Waals surface area contributed by atoms with Crippen molar-refractivity contribution in [3.8, 4) is 11.5 Å². The van der Waals surface area contributed by atoms with Crippen LogP contribution in [0.2, 0.25) is 0 Å². The molecule has 0 radical (unpaired) electrons. The van der Waals surface area contributed by atoms with Crippen LogP contribution in [-0.2, 0) is 16.6 Å². The van der Waals surface area contributed by atoms with Gasteiger partial charge in [-0.2, -0.15) is 0 Å². The number of aromatic hydroxyl groups is 1. The smallest absolute Gasteiger partial charge is 0.122 e. The van der Waals surface area contributed by atoms with Crippen molar-refractivity contribution in [1.29, 1.82) is 0 Å². The summed E-state index contributed by atoms with van der Waals surface area (Å²) < 4.78 is 11.4. The summed E-state index contributed by atoms with van der Waals surface area (Å²) in [6, 6.07) is 4.51. The van der Waals surface area contributed by atoms with Crippen LogP contribution in [0.25, 0.3) is 0 Å². The molecule has 130 valence electrons. The monoisotopic (exact) mass is 329 g/mol. The molecule has 0 spiro atoms. The van der Waals surface area contributed by atoms with Crippen molar-refractivity contribution in [2.24, 2.45) is 11.8 Å². The van der Waals surface area contributed by atoms with Crippen molar-refractivity contribution in [2.45, 2.75) is 43.6 Å². The quantitative estimate of drug-likeness (QED) is 0.926. The Labute approximate surface area is 143 Å². The summed E-state index contributed by atoms with van der Waals surface area (Å²) in [5, 5.41) is 10.7. The fourth-order valence-corrected chi connectivity index (χ4v) is 5.59. The first kappa shape index (κ1) is 15.0. The Morgan fingerprint density at radius 1 is 1.33 bits per heavy atom. The van der Waals surface area contributed by atoms with E-state index in [0.29, 0.717) is 17.7 Å². The molecule has 1 aromatic carbocycles. The highest BCUT2D eigenvalue weighted by atomic mass is 16.5. The van der Waals surface area contributed by atoms with Gasteiger partial charge in [-0.3, -0.25) is 4.90 Å². The summed E-state index contributed by atoms with van der Waals surface area (Å²) in [5.41, 5.74) is 2.51. The first-order valence-electron chi connectivity index (χ1n) is 9.43. The molecule has 1 N–H and O–H groups in total. The van der Waals surface area contributed by atoms with Crippen LogP contribution >= 0.6 is 0 Å². The number of nitrogens with zero attached hydrogens (tertiary/aromatic N) is 1. The molecule has 24 heavy (non-hydrogen) atoms. The highest BCUT2D eigenvalue weighted by Gasteiger charge is 2.55. The highest BCUT2D eigenvalue weighted by molar-refractivity contribution is 5.52. The number of rotatable bonds is 3. The number of benzene rings is 1. The number of piperidine rings is 1. The number of fused-ring (bicyclic) bond motifs is 1. The van der Waals surface area contributed by atoms with E-state index in [0.717, 1.165) is 49.7 Å². The third-order valence-electron chi connectivity index (χ3n) is 7.00. The van der Waals surface area contributed by atoms with Gasteiger partial charge in [0.2, 0.25) is 0 Å². The third-order valence-corrected chi connectivity index (χ3v) is 7.00. The molecule has 3 fully saturated rings. The zero-order valence-corrected chi connectivity index (χ0v) is 14.5.